The molecule has 1 heterocycles. The van der Waals surface area contributed by atoms with Crippen molar-refractivity contribution in [2.45, 2.75) is 12.8 Å². The molecule has 1 saturated heterocycles. The Kier molecular flexibility index (Phi) is 4.19. The molecule has 0 unspecified atom stereocenters. The van der Waals surface area contributed by atoms with Crippen molar-refractivity contribution >= 4 is 10.0 Å². The average Bonchev–Trinajstić information content (AvgIpc) is 2.66. The Morgan fingerprint density at radius 1 is 1.33 bits per heavy atom. The lowest BCUT2D eigenvalue weighted by Gasteiger charge is -2.14. The molecule has 1 aromatic carbocycles. The molecule has 0 aliphatic carbocycles. The predicted octanol–water partition coefficient (Wildman–Crippen LogP) is 1.63. The first-order valence-corrected chi connectivity index (χ1v) is 7.56. The van der Waals surface area contributed by atoms with Gasteiger partial charge >= 0.3 is 0 Å². The summed E-state index contributed by atoms with van der Waals surface area (Å²) in [6, 6.07) is 6.19. The summed E-state index contributed by atoms with van der Waals surface area (Å²) >= 11 is 0. The van der Waals surface area contributed by atoms with Crippen LogP contribution in [0, 0.1) is 5.82 Å². The van der Waals surface area contributed by atoms with E-state index in [-0.39, 0.29) is 11.5 Å². The number of benzene rings is 1. The molecule has 0 atom stereocenters. The third-order valence-corrected chi connectivity index (χ3v) is 4.81. The molecule has 0 N–H and O–H groups in total. The van der Waals surface area contributed by atoms with Crippen molar-refractivity contribution in [3.8, 4) is 5.75 Å². The third kappa shape index (κ3) is 3.20. The van der Waals surface area contributed by atoms with Gasteiger partial charge in [-0.05, 0) is 25.0 Å². The molecule has 4 nitrogen and oxygen atoms in total. The topological polar surface area (TPSA) is 46.6 Å². The number of hydrogen-bond donors (Lipinski definition) is 0. The van der Waals surface area contributed by atoms with Crippen LogP contribution in [0.2, 0.25) is 0 Å². The van der Waals surface area contributed by atoms with E-state index in [1.165, 1.54) is 10.4 Å². The minimum atomic E-state index is -3.04. The zero-order valence-corrected chi connectivity index (χ0v) is 10.8. The maximum atomic E-state index is 13.2. The summed E-state index contributed by atoms with van der Waals surface area (Å²) in [6.45, 7) is 1.34. The Morgan fingerprint density at radius 2 is 2.11 bits per heavy atom. The number of nitrogens with zero attached hydrogens (tertiary/aromatic N) is 1. The molecule has 100 valence electrons. The first-order chi connectivity index (χ1) is 8.59. The van der Waals surface area contributed by atoms with Gasteiger partial charge in [-0.3, -0.25) is 0 Å². The van der Waals surface area contributed by atoms with E-state index < -0.39 is 15.8 Å². The van der Waals surface area contributed by atoms with Gasteiger partial charge in [0.05, 0.1) is 12.4 Å². The van der Waals surface area contributed by atoms with Gasteiger partial charge in [-0.2, -0.15) is 0 Å². The van der Waals surface area contributed by atoms with Crippen molar-refractivity contribution in [2.24, 2.45) is 0 Å². The normalized spacial score (nSPS) is 18.9. The Balaban J connectivity index is 1.75. The van der Waals surface area contributed by atoms with E-state index in [0.29, 0.717) is 32.5 Å². The summed E-state index contributed by atoms with van der Waals surface area (Å²) in [4.78, 5) is 0. The fourth-order valence-electron chi connectivity index (χ4n) is 1.93. The van der Waals surface area contributed by atoms with Crippen LogP contribution in [0.1, 0.15) is 12.8 Å². The van der Waals surface area contributed by atoms with E-state index >= 15 is 0 Å². The molecule has 1 aliphatic heterocycles. The van der Waals surface area contributed by atoms with Crippen LogP contribution in [0.4, 0.5) is 4.39 Å². The van der Waals surface area contributed by atoms with Gasteiger partial charge in [0.2, 0.25) is 10.0 Å². The highest BCUT2D eigenvalue weighted by molar-refractivity contribution is 7.89. The molecule has 1 fully saturated rings. The Hall–Kier alpha value is -1.14. The first kappa shape index (κ1) is 13.3. The second-order valence-electron chi connectivity index (χ2n) is 4.20. The van der Waals surface area contributed by atoms with Gasteiger partial charge in [-0.25, -0.2) is 17.1 Å². The number of halogens is 1. The molecular formula is C12H16FNO3S. The molecule has 1 aliphatic rings. The van der Waals surface area contributed by atoms with E-state index in [0.717, 1.165) is 0 Å². The monoisotopic (exact) mass is 273 g/mol. The zero-order chi connectivity index (χ0) is 13.0. The highest BCUT2D eigenvalue weighted by atomic mass is 32.2. The van der Waals surface area contributed by atoms with Crippen LogP contribution in [-0.2, 0) is 10.0 Å². The van der Waals surface area contributed by atoms with Crippen LogP contribution in [0.5, 0.6) is 5.75 Å². The minimum Gasteiger partial charge on any atom is -0.490 e. The highest BCUT2D eigenvalue weighted by Gasteiger charge is 2.27. The number of para-hydroxylation sites is 1. The van der Waals surface area contributed by atoms with Gasteiger partial charge in [0, 0.05) is 13.1 Å². The van der Waals surface area contributed by atoms with Crippen LogP contribution in [0.15, 0.2) is 24.3 Å². The summed E-state index contributed by atoms with van der Waals surface area (Å²) in [6.07, 6.45) is 1.25. The van der Waals surface area contributed by atoms with Gasteiger partial charge in [0.25, 0.3) is 0 Å². The molecule has 2 rings (SSSR count). The van der Waals surface area contributed by atoms with Crippen molar-refractivity contribution in [2.75, 3.05) is 25.4 Å². The van der Waals surface area contributed by atoms with Gasteiger partial charge in [-0.15, -0.1) is 0 Å². The van der Waals surface area contributed by atoms with E-state index in [1.54, 1.807) is 18.2 Å². The molecule has 0 amide bonds. The van der Waals surface area contributed by atoms with Crippen molar-refractivity contribution in [1.29, 1.82) is 0 Å². The number of rotatable bonds is 5. The van der Waals surface area contributed by atoms with Gasteiger partial charge < -0.3 is 4.74 Å². The van der Waals surface area contributed by atoms with Gasteiger partial charge in [-0.1, -0.05) is 12.1 Å². The van der Waals surface area contributed by atoms with Crippen LogP contribution in [-0.4, -0.2) is 38.2 Å². The van der Waals surface area contributed by atoms with Crippen molar-refractivity contribution in [1.82, 2.24) is 4.31 Å². The number of hydrogen-bond acceptors (Lipinski definition) is 3. The number of sulfonamides is 1. The van der Waals surface area contributed by atoms with Crippen molar-refractivity contribution < 1.29 is 17.5 Å². The van der Waals surface area contributed by atoms with Gasteiger partial charge in [0.15, 0.2) is 11.6 Å². The molecule has 0 aromatic heterocycles. The SMILES string of the molecule is O=S1(=O)CCCN1CCCOc1ccccc1F. The number of ether oxygens (including phenoxy) is 1. The lowest BCUT2D eigenvalue weighted by atomic mass is 10.3. The molecule has 0 saturated carbocycles. The quantitative estimate of drug-likeness (QED) is 0.766. The summed E-state index contributed by atoms with van der Waals surface area (Å²) in [5.41, 5.74) is 0. The van der Waals surface area contributed by atoms with E-state index in [4.69, 9.17) is 4.74 Å². The predicted molar refractivity (Wildman–Crippen MR) is 66.5 cm³/mol. The summed E-state index contributed by atoms with van der Waals surface area (Å²) in [7, 11) is -3.04. The highest BCUT2D eigenvalue weighted by Crippen LogP contribution is 2.16. The average molecular weight is 273 g/mol. The van der Waals surface area contributed by atoms with Crippen LogP contribution in [0.3, 0.4) is 0 Å². The summed E-state index contributed by atoms with van der Waals surface area (Å²) in [5.74, 6) is 0.0503. The largest absolute Gasteiger partial charge is 0.490 e. The van der Waals surface area contributed by atoms with Crippen LogP contribution < -0.4 is 4.74 Å². The second-order valence-corrected chi connectivity index (χ2v) is 6.29. The maximum absolute atomic E-state index is 13.2. The lowest BCUT2D eigenvalue weighted by molar-refractivity contribution is 0.280. The van der Waals surface area contributed by atoms with E-state index in [2.05, 4.69) is 0 Å². The van der Waals surface area contributed by atoms with E-state index in [1.807, 2.05) is 0 Å². The summed E-state index contributed by atoms with van der Waals surface area (Å²) in [5, 5.41) is 0. The molecule has 18 heavy (non-hydrogen) atoms. The molecular weight excluding hydrogens is 257 g/mol. The smallest absolute Gasteiger partial charge is 0.214 e. The Morgan fingerprint density at radius 3 is 2.78 bits per heavy atom. The van der Waals surface area contributed by atoms with Crippen LogP contribution in [0.25, 0.3) is 0 Å². The van der Waals surface area contributed by atoms with Crippen molar-refractivity contribution in [3.05, 3.63) is 30.1 Å². The summed E-state index contributed by atoms with van der Waals surface area (Å²) < 4.78 is 43.0. The Labute approximate surface area is 106 Å². The fraction of sp³-hybridized carbons (Fsp3) is 0.500. The first-order valence-electron chi connectivity index (χ1n) is 5.95. The van der Waals surface area contributed by atoms with Crippen molar-refractivity contribution in [3.63, 3.8) is 0 Å². The molecule has 1 aromatic rings. The standard InChI is InChI=1S/C12H16FNO3S/c13-11-5-1-2-6-12(11)17-9-3-7-14-8-4-10-18(14,15)16/h1-2,5-6H,3-4,7-10H2. The van der Waals surface area contributed by atoms with Gasteiger partial charge in [0.1, 0.15) is 0 Å². The van der Waals surface area contributed by atoms with Crippen LogP contribution >= 0.6 is 0 Å². The molecule has 0 bridgehead atoms. The second kappa shape index (κ2) is 5.67. The minimum absolute atomic E-state index is 0.210. The lowest BCUT2D eigenvalue weighted by Crippen LogP contribution is -2.27. The van der Waals surface area contributed by atoms with E-state index in [9.17, 15) is 12.8 Å². The maximum Gasteiger partial charge on any atom is 0.214 e. The molecule has 0 spiro atoms. The Bertz CT molecular complexity index is 504. The zero-order valence-electron chi connectivity index (χ0n) is 10.0. The fourth-order valence-corrected chi connectivity index (χ4v) is 3.49. The molecule has 6 heteroatoms. The molecule has 0 radical (unpaired) electrons. The third-order valence-electron chi connectivity index (χ3n) is 2.85.